The van der Waals surface area contributed by atoms with Crippen LogP contribution in [0, 0.1) is 0 Å². The Hall–Kier alpha value is 0.190. The van der Waals surface area contributed by atoms with Gasteiger partial charge in [0.2, 0.25) is 11.1 Å². The molecule has 124 valence electrons. The standard InChI is InChI=1S/C12H10Br3N3O2S3/c1-20-10-6(3-5(13)8(14)9(10)15)16-7(19)4-22-12-17-11(21-2)18-23-12/h3H,4H2,1-2H3,(H,16,19). The first-order chi connectivity index (χ1) is 11.0. The number of rotatable bonds is 6. The number of carbonyl (C=O) groups is 1. The molecule has 5 nitrogen and oxygen atoms in total. The van der Waals surface area contributed by atoms with Crippen molar-refractivity contribution in [2.45, 2.75) is 9.50 Å². The molecule has 1 heterocycles. The van der Waals surface area contributed by atoms with Crippen molar-refractivity contribution in [1.82, 2.24) is 9.36 Å². The maximum atomic E-state index is 12.2. The van der Waals surface area contributed by atoms with Crippen molar-refractivity contribution in [2.75, 3.05) is 24.4 Å². The van der Waals surface area contributed by atoms with E-state index in [9.17, 15) is 4.79 Å². The fraction of sp³-hybridized carbons (Fsp3) is 0.250. The van der Waals surface area contributed by atoms with E-state index in [4.69, 9.17) is 4.74 Å². The van der Waals surface area contributed by atoms with Gasteiger partial charge < -0.3 is 10.1 Å². The van der Waals surface area contributed by atoms with E-state index in [-0.39, 0.29) is 11.7 Å². The molecule has 0 saturated heterocycles. The summed E-state index contributed by atoms with van der Waals surface area (Å²) < 4.78 is 12.6. The predicted octanol–water partition coefficient (Wildman–Crippen LogP) is 5.29. The van der Waals surface area contributed by atoms with Crippen LogP contribution in [-0.4, -0.2) is 34.4 Å². The second-order valence-electron chi connectivity index (χ2n) is 3.95. The molecule has 0 atom stereocenters. The second kappa shape index (κ2) is 9.04. The fourth-order valence-electron chi connectivity index (χ4n) is 1.52. The summed E-state index contributed by atoms with van der Waals surface area (Å²) >= 11 is 14.4. The van der Waals surface area contributed by atoms with Crippen molar-refractivity contribution >= 4 is 94.4 Å². The third-order valence-corrected chi connectivity index (χ3v) is 8.26. The molecule has 0 aliphatic carbocycles. The Morgan fingerprint density at radius 2 is 2.13 bits per heavy atom. The molecule has 23 heavy (non-hydrogen) atoms. The number of thioether (sulfide) groups is 2. The number of nitrogens with zero attached hydrogens (tertiary/aromatic N) is 2. The van der Waals surface area contributed by atoms with Crippen LogP contribution >= 0.6 is 82.8 Å². The van der Waals surface area contributed by atoms with Crippen LogP contribution in [0.15, 0.2) is 29.0 Å². The molecule has 0 unspecified atom stereocenters. The molecule has 0 aliphatic heterocycles. The minimum atomic E-state index is -0.143. The first-order valence-electron chi connectivity index (χ1n) is 5.98. The van der Waals surface area contributed by atoms with E-state index in [1.165, 1.54) is 35.1 Å². The molecule has 0 radical (unpaired) electrons. The van der Waals surface area contributed by atoms with Crippen LogP contribution < -0.4 is 10.1 Å². The van der Waals surface area contributed by atoms with E-state index in [1.54, 1.807) is 13.2 Å². The molecule has 0 saturated carbocycles. The first-order valence-corrected chi connectivity index (χ1v) is 11.3. The van der Waals surface area contributed by atoms with Crippen molar-refractivity contribution in [3.63, 3.8) is 0 Å². The molecule has 1 N–H and O–H groups in total. The molecule has 2 aromatic rings. The van der Waals surface area contributed by atoms with Crippen molar-refractivity contribution in [3.8, 4) is 5.75 Å². The van der Waals surface area contributed by atoms with Gasteiger partial charge in [-0.25, -0.2) is 4.98 Å². The van der Waals surface area contributed by atoms with Crippen LogP contribution in [0.4, 0.5) is 5.69 Å². The topological polar surface area (TPSA) is 64.1 Å². The third kappa shape index (κ3) is 5.08. The lowest BCUT2D eigenvalue weighted by Crippen LogP contribution is -2.15. The van der Waals surface area contributed by atoms with Gasteiger partial charge in [-0.2, -0.15) is 4.37 Å². The number of halogens is 3. The van der Waals surface area contributed by atoms with Gasteiger partial charge in [-0.15, -0.1) is 0 Å². The van der Waals surface area contributed by atoms with E-state index in [0.29, 0.717) is 11.4 Å². The largest absolute Gasteiger partial charge is 0.493 e. The van der Waals surface area contributed by atoms with Crippen LogP contribution in [0.2, 0.25) is 0 Å². The Kier molecular flexibility index (Phi) is 7.67. The average Bonchev–Trinajstić information content (AvgIpc) is 2.99. The van der Waals surface area contributed by atoms with Crippen LogP contribution in [-0.2, 0) is 4.79 Å². The van der Waals surface area contributed by atoms with E-state index >= 15 is 0 Å². The monoisotopic (exact) mass is 561 g/mol. The Balaban J connectivity index is 2.05. The van der Waals surface area contributed by atoms with E-state index in [2.05, 4.69) is 62.5 Å². The first kappa shape index (κ1) is 19.5. The van der Waals surface area contributed by atoms with Gasteiger partial charge in [0.15, 0.2) is 10.1 Å². The van der Waals surface area contributed by atoms with Gasteiger partial charge in [-0.1, -0.05) is 23.5 Å². The number of aromatic nitrogens is 2. The smallest absolute Gasteiger partial charge is 0.234 e. The van der Waals surface area contributed by atoms with Gasteiger partial charge in [-0.05, 0) is 71.6 Å². The Morgan fingerprint density at radius 1 is 1.39 bits per heavy atom. The zero-order valence-electron chi connectivity index (χ0n) is 11.9. The maximum absolute atomic E-state index is 12.2. The van der Waals surface area contributed by atoms with Crippen LogP contribution in [0.3, 0.4) is 0 Å². The molecular weight excluding hydrogens is 554 g/mol. The van der Waals surface area contributed by atoms with Crippen LogP contribution in [0.5, 0.6) is 5.75 Å². The average molecular weight is 564 g/mol. The molecule has 0 fully saturated rings. The minimum absolute atomic E-state index is 0.143. The zero-order chi connectivity index (χ0) is 17.0. The number of nitrogens with one attached hydrogen (secondary N) is 1. The third-order valence-electron chi connectivity index (χ3n) is 2.49. The molecular formula is C12H10Br3N3O2S3. The number of benzene rings is 1. The number of hydrogen-bond acceptors (Lipinski definition) is 7. The van der Waals surface area contributed by atoms with Crippen molar-refractivity contribution in [3.05, 3.63) is 19.5 Å². The molecule has 0 bridgehead atoms. The molecule has 2 rings (SSSR count). The normalized spacial score (nSPS) is 10.7. The summed E-state index contributed by atoms with van der Waals surface area (Å²) in [6, 6.07) is 1.78. The summed E-state index contributed by atoms with van der Waals surface area (Å²) in [6.45, 7) is 0. The minimum Gasteiger partial charge on any atom is -0.493 e. The zero-order valence-corrected chi connectivity index (χ0v) is 19.1. The Morgan fingerprint density at radius 3 is 2.74 bits per heavy atom. The van der Waals surface area contributed by atoms with Crippen molar-refractivity contribution < 1.29 is 9.53 Å². The van der Waals surface area contributed by atoms with Gasteiger partial charge in [-0.3, -0.25) is 4.79 Å². The SMILES string of the molecule is COc1c(NC(=O)CSc2nc(SC)ns2)cc(Br)c(Br)c1Br. The van der Waals surface area contributed by atoms with Gasteiger partial charge in [0.25, 0.3) is 0 Å². The lowest BCUT2D eigenvalue weighted by Gasteiger charge is -2.14. The maximum Gasteiger partial charge on any atom is 0.234 e. The summed E-state index contributed by atoms with van der Waals surface area (Å²) in [6.07, 6.45) is 1.92. The summed E-state index contributed by atoms with van der Waals surface area (Å²) in [4.78, 5) is 16.4. The lowest BCUT2D eigenvalue weighted by molar-refractivity contribution is -0.113. The highest BCUT2D eigenvalue weighted by molar-refractivity contribution is 9.14. The molecule has 0 aliphatic rings. The van der Waals surface area contributed by atoms with Gasteiger partial charge in [0, 0.05) is 8.95 Å². The van der Waals surface area contributed by atoms with Crippen molar-refractivity contribution in [2.24, 2.45) is 0 Å². The number of carbonyl (C=O) groups excluding carboxylic acids is 1. The lowest BCUT2D eigenvalue weighted by atomic mass is 10.3. The molecule has 1 amide bonds. The van der Waals surface area contributed by atoms with E-state index < -0.39 is 0 Å². The van der Waals surface area contributed by atoms with Crippen LogP contribution in [0.25, 0.3) is 0 Å². The fourth-order valence-corrected chi connectivity index (χ4v) is 5.11. The van der Waals surface area contributed by atoms with E-state index in [1.807, 2.05) is 6.26 Å². The highest BCUT2D eigenvalue weighted by atomic mass is 79.9. The highest BCUT2D eigenvalue weighted by Crippen LogP contribution is 2.43. The Labute approximate surface area is 171 Å². The van der Waals surface area contributed by atoms with Gasteiger partial charge >= 0.3 is 0 Å². The number of methoxy groups -OCH3 is 1. The number of hydrogen-bond donors (Lipinski definition) is 1. The molecule has 11 heteroatoms. The molecule has 1 aromatic carbocycles. The second-order valence-corrected chi connectivity index (χ2v) is 9.14. The summed E-state index contributed by atoms with van der Waals surface area (Å²) in [5, 5.41) is 3.57. The van der Waals surface area contributed by atoms with Gasteiger partial charge in [0.1, 0.15) is 0 Å². The van der Waals surface area contributed by atoms with Crippen LogP contribution in [0.1, 0.15) is 0 Å². The molecule has 1 aromatic heterocycles. The highest BCUT2D eigenvalue weighted by Gasteiger charge is 2.17. The summed E-state index contributed by atoms with van der Waals surface area (Å²) in [5.74, 6) is 0.659. The quantitative estimate of drug-likeness (QED) is 0.381. The van der Waals surface area contributed by atoms with E-state index in [0.717, 1.165) is 22.9 Å². The van der Waals surface area contributed by atoms with Gasteiger partial charge in [0.05, 0.1) is 23.0 Å². The van der Waals surface area contributed by atoms with Crippen molar-refractivity contribution in [1.29, 1.82) is 0 Å². The summed E-state index contributed by atoms with van der Waals surface area (Å²) in [7, 11) is 1.55. The number of anilines is 1. The summed E-state index contributed by atoms with van der Waals surface area (Å²) in [5.41, 5.74) is 0.585. The number of ether oxygens (including phenoxy) is 1. The molecule has 0 spiro atoms. The predicted molar refractivity (Wildman–Crippen MR) is 107 cm³/mol. The Bertz CT molecular complexity index is 727. The number of amides is 1.